The van der Waals surface area contributed by atoms with E-state index >= 15 is 0 Å². The van der Waals surface area contributed by atoms with Gasteiger partial charge in [0.2, 0.25) is 0 Å². The number of fused-ring (bicyclic) bond motifs is 1. The Morgan fingerprint density at radius 2 is 2.16 bits per heavy atom. The Morgan fingerprint density at radius 1 is 1.36 bits per heavy atom. The van der Waals surface area contributed by atoms with Crippen molar-refractivity contribution in [2.45, 2.75) is 26.2 Å². The first-order chi connectivity index (χ1) is 12.0. The lowest BCUT2D eigenvalue weighted by atomic mass is 10.1. The topological polar surface area (TPSA) is 82.6 Å². The summed E-state index contributed by atoms with van der Waals surface area (Å²) in [5.74, 6) is -1.14. The average Bonchev–Trinajstić information content (AvgIpc) is 2.99. The minimum Gasteiger partial charge on any atom is -0.481 e. The summed E-state index contributed by atoms with van der Waals surface area (Å²) in [5.41, 5.74) is 2.10. The van der Waals surface area contributed by atoms with Gasteiger partial charge in [0.1, 0.15) is 5.75 Å². The third kappa shape index (κ3) is 5.46. The van der Waals surface area contributed by atoms with Crippen LogP contribution >= 0.6 is 0 Å². The molecule has 0 radical (unpaired) electrons. The van der Waals surface area contributed by atoms with Crippen LogP contribution in [0.5, 0.6) is 5.75 Å². The van der Waals surface area contributed by atoms with Crippen molar-refractivity contribution in [2.75, 3.05) is 19.6 Å². The third-order valence-corrected chi connectivity index (χ3v) is 4.05. The number of aromatic nitrogens is 1. The second-order valence-electron chi connectivity index (χ2n) is 5.82. The number of hydrogen-bond donors (Lipinski definition) is 2. The summed E-state index contributed by atoms with van der Waals surface area (Å²) in [6.07, 6.45) is 4.43. The van der Waals surface area contributed by atoms with E-state index in [0.717, 1.165) is 37.0 Å². The van der Waals surface area contributed by atoms with E-state index in [1.54, 1.807) is 12.1 Å². The smallest absolute Gasteiger partial charge is 0.311 e. The molecule has 0 unspecified atom stereocenters. The van der Waals surface area contributed by atoms with Gasteiger partial charge in [0.15, 0.2) is 0 Å². The van der Waals surface area contributed by atoms with Crippen molar-refractivity contribution in [1.82, 2.24) is 9.88 Å². The number of benzene rings is 1. The predicted octanol–water partition coefficient (Wildman–Crippen LogP) is 2.99. The Balaban J connectivity index is 2.01. The lowest BCUT2D eigenvalue weighted by Crippen LogP contribution is -2.25. The first-order valence-electron chi connectivity index (χ1n) is 8.39. The number of carboxylic acids is 1. The number of carbonyl (C=O) groups excluding carboxylic acids is 1. The summed E-state index contributed by atoms with van der Waals surface area (Å²) < 4.78 is 5.19. The van der Waals surface area contributed by atoms with E-state index in [1.807, 2.05) is 18.3 Å². The van der Waals surface area contributed by atoms with Crippen LogP contribution in [0.2, 0.25) is 0 Å². The van der Waals surface area contributed by atoms with Gasteiger partial charge in [-0.25, -0.2) is 0 Å². The van der Waals surface area contributed by atoms with Gasteiger partial charge in [-0.2, -0.15) is 0 Å². The highest BCUT2D eigenvalue weighted by molar-refractivity contribution is 5.85. The summed E-state index contributed by atoms with van der Waals surface area (Å²) in [7, 11) is 0. The van der Waals surface area contributed by atoms with Gasteiger partial charge in [-0.15, -0.1) is 6.58 Å². The van der Waals surface area contributed by atoms with E-state index in [4.69, 9.17) is 9.84 Å². The number of likely N-dealkylation sites (N-methyl/N-ethyl adjacent to an activating group) is 1. The molecule has 6 heteroatoms. The molecule has 25 heavy (non-hydrogen) atoms. The number of carbonyl (C=O) groups is 2. The van der Waals surface area contributed by atoms with Crippen molar-refractivity contribution < 1.29 is 19.4 Å². The molecule has 1 aromatic heterocycles. The summed E-state index contributed by atoms with van der Waals surface area (Å²) in [5, 5.41) is 9.69. The summed E-state index contributed by atoms with van der Waals surface area (Å²) in [6.45, 7) is 8.70. The van der Waals surface area contributed by atoms with E-state index in [2.05, 4.69) is 23.4 Å². The largest absolute Gasteiger partial charge is 0.481 e. The quantitative estimate of drug-likeness (QED) is 0.393. The summed E-state index contributed by atoms with van der Waals surface area (Å²) in [6, 6.07) is 5.42. The van der Waals surface area contributed by atoms with E-state index in [0.29, 0.717) is 5.75 Å². The predicted molar refractivity (Wildman–Crippen MR) is 96.8 cm³/mol. The fourth-order valence-electron chi connectivity index (χ4n) is 2.67. The second-order valence-corrected chi connectivity index (χ2v) is 5.82. The zero-order valence-electron chi connectivity index (χ0n) is 14.5. The lowest BCUT2D eigenvalue weighted by molar-refractivity contribution is -0.142. The minimum absolute atomic E-state index is 0.139. The van der Waals surface area contributed by atoms with Crippen LogP contribution in [0.3, 0.4) is 0 Å². The van der Waals surface area contributed by atoms with Crippen LogP contribution in [0.15, 0.2) is 37.1 Å². The molecular formula is C19H24N2O4. The van der Waals surface area contributed by atoms with Gasteiger partial charge in [0.25, 0.3) is 0 Å². The van der Waals surface area contributed by atoms with Gasteiger partial charge in [0, 0.05) is 36.3 Å². The molecule has 0 spiro atoms. The molecule has 2 rings (SSSR count). The van der Waals surface area contributed by atoms with E-state index in [9.17, 15) is 9.59 Å². The van der Waals surface area contributed by atoms with Crippen LogP contribution in [0.25, 0.3) is 10.9 Å². The molecule has 0 aliphatic rings. The molecule has 0 atom stereocenters. The fraction of sp³-hybridized carbons (Fsp3) is 0.368. The number of nitrogens with zero attached hydrogens (tertiary/aromatic N) is 1. The fourth-order valence-corrected chi connectivity index (χ4v) is 2.67. The van der Waals surface area contributed by atoms with Crippen molar-refractivity contribution in [1.29, 1.82) is 0 Å². The van der Waals surface area contributed by atoms with Gasteiger partial charge >= 0.3 is 11.9 Å². The zero-order valence-corrected chi connectivity index (χ0v) is 14.5. The molecule has 0 aliphatic heterocycles. The van der Waals surface area contributed by atoms with Gasteiger partial charge < -0.3 is 14.8 Å². The maximum atomic E-state index is 11.6. The number of hydrogen-bond acceptors (Lipinski definition) is 4. The number of esters is 1. The maximum Gasteiger partial charge on any atom is 0.311 e. The molecule has 2 aromatic rings. The Bertz CT molecular complexity index is 751. The maximum absolute atomic E-state index is 11.6. The van der Waals surface area contributed by atoms with Crippen LogP contribution in [-0.2, 0) is 16.0 Å². The van der Waals surface area contributed by atoms with Crippen LogP contribution in [-0.4, -0.2) is 46.6 Å². The van der Waals surface area contributed by atoms with Crippen molar-refractivity contribution in [3.63, 3.8) is 0 Å². The highest BCUT2D eigenvalue weighted by Crippen LogP contribution is 2.24. The molecule has 0 amide bonds. The lowest BCUT2D eigenvalue weighted by Gasteiger charge is -2.17. The first kappa shape index (κ1) is 18.7. The summed E-state index contributed by atoms with van der Waals surface area (Å²) in [4.78, 5) is 27.6. The molecular weight excluding hydrogens is 320 g/mol. The monoisotopic (exact) mass is 344 g/mol. The number of aromatic amines is 1. The zero-order chi connectivity index (χ0) is 18.2. The van der Waals surface area contributed by atoms with E-state index < -0.39 is 11.9 Å². The van der Waals surface area contributed by atoms with Gasteiger partial charge in [-0.1, -0.05) is 13.0 Å². The first-order valence-corrected chi connectivity index (χ1v) is 8.39. The van der Waals surface area contributed by atoms with Gasteiger partial charge in [-0.3, -0.25) is 14.5 Å². The van der Waals surface area contributed by atoms with Gasteiger partial charge in [0.05, 0.1) is 12.8 Å². The average molecular weight is 344 g/mol. The minimum atomic E-state index is -1.01. The van der Waals surface area contributed by atoms with Crippen molar-refractivity contribution >= 4 is 22.8 Å². The SMILES string of the molecule is C=CCN(CC)CCc1c[nH]c2cc(OC(=O)CCC(=O)O)ccc12. The number of aliphatic carboxylic acids is 1. The van der Waals surface area contributed by atoms with Crippen molar-refractivity contribution in [3.8, 4) is 5.75 Å². The van der Waals surface area contributed by atoms with Crippen molar-refractivity contribution in [3.05, 3.63) is 42.6 Å². The molecule has 6 nitrogen and oxygen atoms in total. The number of H-pyrrole nitrogens is 1. The number of nitrogens with one attached hydrogen (secondary N) is 1. The third-order valence-electron chi connectivity index (χ3n) is 4.05. The van der Waals surface area contributed by atoms with Crippen LogP contribution in [0.1, 0.15) is 25.3 Å². The molecule has 2 N–H and O–H groups in total. The number of carboxylic acid groups (broad SMARTS) is 1. The second kappa shape index (κ2) is 9.03. The molecule has 134 valence electrons. The van der Waals surface area contributed by atoms with Gasteiger partial charge in [-0.05, 0) is 30.7 Å². The highest BCUT2D eigenvalue weighted by atomic mass is 16.5. The Hall–Kier alpha value is -2.60. The molecule has 0 aliphatic carbocycles. The standard InChI is InChI=1S/C19H24N2O4/c1-3-10-21(4-2)11-9-14-13-20-17-12-15(5-6-16(14)17)25-19(24)8-7-18(22)23/h3,5-6,12-13,20H,1,4,7-11H2,2H3,(H,22,23). The normalized spacial score (nSPS) is 11.0. The number of rotatable bonds is 10. The van der Waals surface area contributed by atoms with Crippen LogP contribution in [0.4, 0.5) is 0 Å². The van der Waals surface area contributed by atoms with Crippen molar-refractivity contribution in [2.24, 2.45) is 0 Å². The van der Waals surface area contributed by atoms with Crippen LogP contribution < -0.4 is 4.74 Å². The molecule has 0 saturated heterocycles. The Morgan fingerprint density at radius 3 is 2.84 bits per heavy atom. The summed E-state index contributed by atoms with van der Waals surface area (Å²) >= 11 is 0. The molecule has 1 heterocycles. The highest BCUT2D eigenvalue weighted by Gasteiger charge is 2.11. The number of ether oxygens (including phenoxy) is 1. The molecule has 0 fully saturated rings. The Kier molecular flexibility index (Phi) is 6.77. The van der Waals surface area contributed by atoms with Crippen LogP contribution in [0, 0.1) is 0 Å². The molecule has 0 saturated carbocycles. The molecule has 0 bridgehead atoms. The molecule has 1 aromatic carbocycles. The Labute approximate surface area is 147 Å². The van der Waals surface area contributed by atoms with E-state index in [-0.39, 0.29) is 12.8 Å². The van der Waals surface area contributed by atoms with E-state index in [1.165, 1.54) is 5.56 Å².